The molecule has 6 heteroatoms. The molecule has 1 rings (SSSR count). The fourth-order valence-electron chi connectivity index (χ4n) is 1.43. The van der Waals surface area contributed by atoms with Crippen LogP contribution in [0, 0.1) is 5.82 Å². The molecule has 0 radical (unpaired) electrons. The van der Waals surface area contributed by atoms with Crippen LogP contribution < -0.4 is 5.46 Å². The van der Waals surface area contributed by atoms with Gasteiger partial charge in [-0.2, -0.15) is 0 Å². The predicted molar refractivity (Wildman–Crippen MR) is 62.4 cm³/mol. The molecular weight excluding hydrogens is 226 g/mol. The van der Waals surface area contributed by atoms with Crippen molar-refractivity contribution in [2.45, 2.75) is 13.0 Å². The quantitative estimate of drug-likeness (QED) is 0.524. The molecule has 2 N–H and O–H groups in total. The fraction of sp³-hybridized carbons (Fsp3) is 0.455. The van der Waals surface area contributed by atoms with Crippen LogP contribution in [0.2, 0.25) is 0 Å². The molecule has 0 bridgehead atoms. The van der Waals surface area contributed by atoms with Crippen molar-refractivity contribution < 1.29 is 23.9 Å². The summed E-state index contributed by atoms with van der Waals surface area (Å²) in [6.07, 6.45) is 0.759. The van der Waals surface area contributed by atoms with E-state index in [1.165, 1.54) is 12.1 Å². The average Bonchev–Trinajstić information content (AvgIpc) is 2.30. The summed E-state index contributed by atoms with van der Waals surface area (Å²) >= 11 is 0. The molecule has 0 atom stereocenters. The molecule has 1 aromatic carbocycles. The van der Waals surface area contributed by atoms with E-state index >= 15 is 0 Å². The topological polar surface area (TPSA) is 58.9 Å². The third-order valence-electron chi connectivity index (χ3n) is 2.28. The molecular formula is C11H16BFO4. The smallest absolute Gasteiger partial charge is 0.423 e. The van der Waals surface area contributed by atoms with E-state index in [9.17, 15) is 4.39 Å². The Balaban J connectivity index is 2.52. The van der Waals surface area contributed by atoms with Crippen LogP contribution in [0.15, 0.2) is 18.2 Å². The second kappa shape index (κ2) is 7.39. The van der Waals surface area contributed by atoms with Crippen LogP contribution in [0.4, 0.5) is 4.39 Å². The first kappa shape index (κ1) is 14.1. The number of hydrogen-bond acceptors (Lipinski definition) is 4. The summed E-state index contributed by atoms with van der Waals surface area (Å²) in [4.78, 5) is 0. The zero-order valence-electron chi connectivity index (χ0n) is 9.73. The van der Waals surface area contributed by atoms with E-state index in [4.69, 9.17) is 19.5 Å². The minimum atomic E-state index is -1.69. The van der Waals surface area contributed by atoms with E-state index in [2.05, 4.69) is 0 Å². The summed E-state index contributed by atoms with van der Waals surface area (Å²) in [6.45, 7) is 1.34. The van der Waals surface area contributed by atoms with Crippen molar-refractivity contribution in [2.75, 3.05) is 20.3 Å². The predicted octanol–water partition coefficient (Wildman–Crippen LogP) is 0.0586. The Kier molecular flexibility index (Phi) is 6.14. The molecule has 1 aromatic rings. The third-order valence-corrected chi connectivity index (χ3v) is 2.28. The largest absolute Gasteiger partial charge is 0.488 e. The van der Waals surface area contributed by atoms with Gasteiger partial charge in [0.05, 0.1) is 6.61 Å². The van der Waals surface area contributed by atoms with Crippen molar-refractivity contribution >= 4 is 12.6 Å². The van der Waals surface area contributed by atoms with Gasteiger partial charge in [0, 0.05) is 20.3 Å². The van der Waals surface area contributed by atoms with E-state index in [0.29, 0.717) is 18.8 Å². The third kappa shape index (κ3) is 4.83. The monoisotopic (exact) mass is 242 g/mol. The van der Waals surface area contributed by atoms with Crippen molar-refractivity contribution in [1.82, 2.24) is 0 Å². The van der Waals surface area contributed by atoms with Gasteiger partial charge in [0.2, 0.25) is 0 Å². The van der Waals surface area contributed by atoms with E-state index in [0.717, 1.165) is 12.5 Å². The summed E-state index contributed by atoms with van der Waals surface area (Å²) in [5, 5.41) is 18.2. The van der Waals surface area contributed by atoms with Gasteiger partial charge >= 0.3 is 7.12 Å². The Bertz CT molecular complexity index is 346. The highest BCUT2D eigenvalue weighted by molar-refractivity contribution is 6.59. The normalized spacial score (nSPS) is 10.6. The standard InChI is InChI=1S/C11H16BFO4/c1-16-5-2-6-17-8-9-3-4-10(13)7-11(9)12(14)15/h3-4,7,14-15H,2,5-6,8H2,1H3. The fourth-order valence-corrected chi connectivity index (χ4v) is 1.43. The van der Waals surface area contributed by atoms with Crippen LogP contribution in [0.5, 0.6) is 0 Å². The van der Waals surface area contributed by atoms with Crippen molar-refractivity contribution in [3.05, 3.63) is 29.6 Å². The molecule has 94 valence electrons. The summed E-state index contributed by atoms with van der Waals surface area (Å²) in [7, 11) is -0.0801. The SMILES string of the molecule is COCCCOCc1ccc(F)cc1B(O)O. The molecule has 0 aliphatic rings. The number of benzene rings is 1. The van der Waals surface area contributed by atoms with Gasteiger partial charge < -0.3 is 19.5 Å². The number of methoxy groups -OCH3 is 1. The summed E-state index contributed by atoms with van der Waals surface area (Å²) in [6, 6.07) is 3.85. The van der Waals surface area contributed by atoms with Crippen LogP contribution in [0.25, 0.3) is 0 Å². The molecule has 0 aliphatic heterocycles. The highest BCUT2D eigenvalue weighted by atomic mass is 19.1. The van der Waals surface area contributed by atoms with E-state index < -0.39 is 12.9 Å². The molecule has 0 amide bonds. The first-order valence-corrected chi connectivity index (χ1v) is 5.36. The Hall–Kier alpha value is -0.945. The first-order chi connectivity index (χ1) is 8.15. The van der Waals surface area contributed by atoms with Crippen LogP contribution in [0.3, 0.4) is 0 Å². The maximum atomic E-state index is 12.9. The van der Waals surface area contributed by atoms with Crippen molar-refractivity contribution in [1.29, 1.82) is 0 Å². The van der Waals surface area contributed by atoms with Gasteiger partial charge in [0.1, 0.15) is 5.82 Å². The van der Waals surface area contributed by atoms with Gasteiger partial charge in [-0.15, -0.1) is 0 Å². The van der Waals surface area contributed by atoms with Gasteiger partial charge in [0.25, 0.3) is 0 Å². The van der Waals surface area contributed by atoms with E-state index in [-0.39, 0.29) is 12.1 Å². The molecule has 0 saturated carbocycles. The lowest BCUT2D eigenvalue weighted by atomic mass is 9.77. The molecule has 0 spiro atoms. The van der Waals surface area contributed by atoms with Gasteiger partial charge in [-0.3, -0.25) is 0 Å². The lowest BCUT2D eigenvalue weighted by molar-refractivity contribution is 0.0931. The minimum Gasteiger partial charge on any atom is -0.423 e. The summed E-state index contributed by atoms with van der Waals surface area (Å²) < 4.78 is 23.1. The average molecular weight is 242 g/mol. The second-order valence-corrected chi connectivity index (χ2v) is 3.62. The van der Waals surface area contributed by atoms with Crippen molar-refractivity contribution in [3.8, 4) is 0 Å². The molecule has 0 saturated heterocycles. The Morgan fingerprint density at radius 2 is 2.06 bits per heavy atom. The summed E-state index contributed by atoms with van der Waals surface area (Å²) in [5.74, 6) is -0.503. The second-order valence-electron chi connectivity index (χ2n) is 3.62. The van der Waals surface area contributed by atoms with E-state index in [1.807, 2.05) is 0 Å². The molecule has 0 unspecified atom stereocenters. The number of halogens is 1. The Labute approximate surface area is 100 Å². The molecule has 0 aliphatic carbocycles. The van der Waals surface area contributed by atoms with Gasteiger partial charge in [-0.05, 0) is 29.6 Å². The lowest BCUT2D eigenvalue weighted by Gasteiger charge is -2.09. The number of hydrogen-bond donors (Lipinski definition) is 2. The van der Waals surface area contributed by atoms with Gasteiger partial charge in [0.15, 0.2) is 0 Å². The van der Waals surface area contributed by atoms with Crippen LogP contribution >= 0.6 is 0 Å². The molecule has 4 nitrogen and oxygen atoms in total. The highest BCUT2D eigenvalue weighted by Gasteiger charge is 2.16. The molecule has 0 heterocycles. The first-order valence-electron chi connectivity index (χ1n) is 5.36. The van der Waals surface area contributed by atoms with Gasteiger partial charge in [-0.1, -0.05) is 6.07 Å². The Morgan fingerprint density at radius 3 is 2.71 bits per heavy atom. The number of rotatable bonds is 7. The van der Waals surface area contributed by atoms with Crippen molar-refractivity contribution in [2.24, 2.45) is 0 Å². The molecule has 17 heavy (non-hydrogen) atoms. The minimum absolute atomic E-state index is 0.136. The van der Waals surface area contributed by atoms with E-state index in [1.54, 1.807) is 7.11 Å². The van der Waals surface area contributed by atoms with Crippen LogP contribution in [-0.4, -0.2) is 37.5 Å². The lowest BCUT2D eigenvalue weighted by Crippen LogP contribution is -2.33. The molecule has 0 aromatic heterocycles. The zero-order chi connectivity index (χ0) is 12.7. The maximum absolute atomic E-state index is 12.9. The van der Waals surface area contributed by atoms with Crippen molar-refractivity contribution in [3.63, 3.8) is 0 Å². The van der Waals surface area contributed by atoms with Crippen LogP contribution in [0.1, 0.15) is 12.0 Å². The molecule has 0 fully saturated rings. The highest BCUT2D eigenvalue weighted by Crippen LogP contribution is 2.03. The van der Waals surface area contributed by atoms with Crippen LogP contribution in [-0.2, 0) is 16.1 Å². The summed E-state index contributed by atoms with van der Waals surface area (Å²) in [5.41, 5.74) is 0.704. The maximum Gasteiger partial charge on any atom is 0.488 e. The Morgan fingerprint density at radius 1 is 1.29 bits per heavy atom. The zero-order valence-corrected chi connectivity index (χ0v) is 9.73. The number of ether oxygens (including phenoxy) is 2. The van der Waals surface area contributed by atoms with Gasteiger partial charge in [-0.25, -0.2) is 4.39 Å².